The fourth-order valence-corrected chi connectivity index (χ4v) is 2.34. The number of hydrogen-bond acceptors (Lipinski definition) is 3. The predicted octanol–water partition coefficient (Wildman–Crippen LogP) is 3.11. The fourth-order valence-electron chi connectivity index (χ4n) is 1.83. The molecule has 4 nitrogen and oxygen atoms in total. The molecule has 100 valence electrons. The van der Waals surface area contributed by atoms with Gasteiger partial charge in [-0.05, 0) is 26.9 Å². The molecule has 0 aliphatic rings. The number of carbonyl (C=O) groups is 1. The summed E-state index contributed by atoms with van der Waals surface area (Å²) in [5.41, 5.74) is 2.38. The highest BCUT2D eigenvalue weighted by molar-refractivity contribution is 9.10. The molecule has 0 amide bonds. The van der Waals surface area contributed by atoms with Crippen LogP contribution < -0.4 is 0 Å². The Labute approximate surface area is 121 Å². The summed E-state index contributed by atoms with van der Waals surface area (Å²) in [6.07, 6.45) is 0. The number of nitrogens with zero attached hydrogens (tertiary/aromatic N) is 3. The molecule has 0 bridgehead atoms. The molecule has 1 heterocycles. The molecule has 1 aromatic heterocycles. The van der Waals surface area contributed by atoms with Crippen LogP contribution in [0.25, 0.3) is 0 Å². The van der Waals surface area contributed by atoms with Crippen molar-refractivity contribution in [1.29, 1.82) is 0 Å². The van der Waals surface area contributed by atoms with Gasteiger partial charge < -0.3 is 0 Å². The van der Waals surface area contributed by atoms with Crippen LogP contribution in [0.3, 0.4) is 0 Å². The number of aromatic nitrogens is 3. The molecule has 19 heavy (non-hydrogen) atoms. The normalized spacial score (nSPS) is 11.6. The molecule has 0 saturated heterocycles. The molecule has 0 spiro atoms. The van der Waals surface area contributed by atoms with Gasteiger partial charge >= 0.3 is 0 Å². The van der Waals surface area contributed by atoms with E-state index in [9.17, 15) is 4.79 Å². The van der Waals surface area contributed by atoms with Gasteiger partial charge in [-0.1, -0.05) is 50.3 Å². The second kappa shape index (κ2) is 4.89. The summed E-state index contributed by atoms with van der Waals surface area (Å²) in [4.78, 5) is 12.4. The molecule has 0 aliphatic heterocycles. The molecule has 0 unspecified atom stereocenters. The molecule has 5 heteroatoms. The summed E-state index contributed by atoms with van der Waals surface area (Å²) < 4.78 is 1.95. The number of benzene rings is 1. The van der Waals surface area contributed by atoms with Crippen molar-refractivity contribution in [2.24, 2.45) is 7.05 Å². The van der Waals surface area contributed by atoms with E-state index in [1.165, 1.54) is 10.2 Å². The Morgan fingerprint density at radius 3 is 2.21 bits per heavy atom. The van der Waals surface area contributed by atoms with Gasteiger partial charge in [0, 0.05) is 12.6 Å². The van der Waals surface area contributed by atoms with Gasteiger partial charge in [0.15, 0.2) is 4.60 Å². The number of carbonyl (C=O) groups excluding carboxylic acids is 1. The van der Waals surface area contributed by atoms with Crippen LogP contribution in [-0.4, -0.2) is 20.8 Å². The van der Waals surface area contributed by atoms with Crippen LogP contribution in [0.5, 0.6) is 0 Å². The standard InChI is InChI=1S/C14H16BrN3O/c1-14(2,3)10-7-5-9(6-8-10)12(19)11-13(15)16-17-18(11)4/h5-8H,1-4H3. The smallest absolute Gasteiger partial charge is 0.213 e. The largest absolute Gasteiger partial charge is 0.287 e. The Bertz CT molecular complexity index is 589. The Morgan fingerprint density at radius 2 is 1.79 bits per heavy atom. The van der Waals surface area contributed by atoms with Crippen LogP contribution >= 0.6 is 15.9 Å². The number of hydrogen-bond donors (Lipinski definition) is 0. The van der Waals surface area contributed by atoms with Crippen molar-refractivity contribution >= 4 is 21.7 Å². The Kier molecular flexibility index (Phi) is 3.58. The summed E-state index contributed by atoms with van der Waals surface area (Å²) >= 11 is 3.25. The van der Waals surface area contributed by atoms with Crippen molar-refractivity contribution < 1.29 is 4.79 Å². The minimum Gasteiger partial charge on any atom is -0.287 e. The Balaban J connectivity index is 2.36. The van der Waals surface area contributed by atoms with E-state index in [2.05, 4.69) is 47.0 Å². The highest BCUT2D eigenvalue weighted by Crippen LogP contribution is 2.23. The molecular formula is C14H16BrN3O. The molecule has 2 rings (SSSR count). The van der Waals surface area contributed by atoms with Gasteiger partial charge in [0.1, 0.15) is 5.69 Å². The van der Waals surface area contributed by atoms with Gasteiger partial charge in [-0.3, -0.25) is 4.79 Å². The van der Waals surface area contributed by atoms with E-state index in [4.69, 9.17) is 0 Å². The van der Waals surface area contributed by atoms with E-state index in [1.54, 1.807) is 7.05 Å². The summed E-state index contributed by atoms with van der Waals surface area (Å²) in [5, 5.41) is 7.65. The molecule has 0 radical (unpaired) electrons. The van der Waals surface area contributed by atoms with Gasteiger partial charge in [0.25, 0.3) is 0 Å². The predicted molar refractivity (Wildman–Crippen MR) is 77.3 cm³/mol. The zero-order chi connectivity index (χ0) is 14.2. The van der Waals surface area contributed by atoms with Crippen LogP contribution in [0, 0.1) is 0 Å². The topological polar surface area (TPSA) is 47.8 Å². The van der Waals surface area contributed by atoms with Crippen molar-refractivity contribution in [3.8, 4) is 0 Å². The van der Waals surface area contributed by atoms with Crippen LogP contribution in [0.4, 0.5) is 0 Å². The maximum Gasteiger partial charge on any atom is 0.213 e. The van der Waals surface area contributed by atoms with E-state index in [1.807, 2.05) is 24.3 Å². The first-order valence-corrected chi connectivity index (χ1v) is 6.80. The SMILES string of the molecule is Cn1nnc(Br)c1C(=O)c1ccc(C(C)(C)C)cc1. The third-order valence-electron chi connectivity index (χ3n) is 3.01. The van der Waals surface area contributed by atoms with E-state index in [0.29, 0.717) is 15.9 Å². The van der Waals surface area contributed by atoms with Gasteiger partial charge in [-0.25, -0.2) is 4.68 Å². The lowest BCUT2D eigenvalue weighted by Gasteiger charge is -2.18. The molecule has 0 N–H and O–H groups in total. The van der Waals surface area contributed by atoms with Gasteiger partial charge in [-0.2, -0.15) is 0 Å². The van der Waals surface area contributed by atoms with E-state index in [-0.39, 0.29) is 11.2 Å². The fraction of sp³-hybridized carbons (Fsp3) is 0.357. The second-order valence-electron chi connectivity index (χ2n) is 5.51. The Morgan fingerprint density at radius 1 is 1.21 bits per heavy atom. The average Bonchev–Trinajstić information content (AvgIpc) is 2.67. The maximum absolute atomic E-state index is 12.4. The monoisotopic (exact) mass is 321 g/mol. The molecule has 0 saturated carbocycles. The highest BCUT2D eigenvalue weighted by atomic mass is 79.9. The summed E-state index contributed by atoms with van der Waals surface area (Å²) in [6, 6.07) is 7.68. The van der Waals surface area contributed by atoms with E-state index in [0.717, 1.165) is 0 Å². The zero-order valence-electron chi connectivity index (χ0n) is 11.4. The third-order valence-corrected chi connectivity index (χ3v) is 3.55. The lowest BCUT2D eigenvalue weighted by Crippen LogP contribution is -2.12. The first kappa shape index (κ1) is 13.9. The molecule has 0 aliphatic carbocycles. The minimum absolute atomic E-state index is 0.0796. The first-order valence-electron chi connectivity index (χ1n) is 6.01. The second-order valence-corrected chi connectivity index (χ2v) is 6.26. The molecule has 0 atom stereocenters. The van der Waals surface area contributed by atoms with E-state index < -0.39 is 0 Å². The molecule has 0 fully saturated rings. The van der Waals surface area contributed by atoms with Crippen molar-refractivity contribution in [2.45, 2.75) is 26.2 Å². The molecule has 1 aromatic carbocycles. The van der Waals surface area contributed by atoms with Crippen molar-refractivity contribution in [2.75, 3.05) is 0 Å². The summed E-state index contributed by atoms with van der Waals surface area (Å²) in [6.45, 7) is 6.43. The van der Waals surface area contributed by atoms with Crippen LogP contribution in [0.2, 0.25) is 0 Å². The van der Waals surface area contributed by atoms with Crippen LogP contribution in [0.1, 0.15) is 42.4 Å². The number of rotatable bonds is 2. The Hall–Kier alpha value is -1.49. The lowest BCUT2D eigenvalue weighted by atomic mass is 9.86. The van der Waals surface area contributed by atoms with Gasteiger partial charge in [0.2, 0.25) is 5.78 Å². The third kappa shape index (κ3) is 2.76. The van der Waals surface area contributed by atoms with Crippen molar-refractivity contribution in [1.82, 2.24) is 15.0 Å². The number of ketones is 1. The summed E-state index contributed by atoms with van der Waals surface area (Å²) in [7, 11) is 1.70. The number of halogens is 1. The quantitative estimate of drug-likeness (QED) is 0.798. The lowest BCUT2D eigenvalue weighted by molar-refractivity contribution is 0.102. The maximum atomic E-state index is 12.4. The number of aryl methyl sites for hydroxylation is 1. The average molecular weight is 322 g/mol. The molecular weight excluding hydrogens is 306 g/mol. The van der Waals surface area contributed by atoms with Gasteiger partial charge in [0.05, 0.1) is 0 Å². The van der Waals surface area contributed by atoms with E-state index >= 15 is 0 Å². The summed E-state index contributed by atoms with van der Waals surface area (Å²) in [5.74, 6) is -0.0835. The van der Waals surface area contributed by atoms with Gasteiger partial charge in [-0.15, -0.1) is 5.10 Å². The first-order chi connectivity index (χ1) is 8.80. The van der Waals surface area contributed by atoms with Crippen LogP contribution in [0.15, 0.2) is 28.9 Å². The van der Waals surface area contributed by atoms with Crippen molar-refractivity contribution in [3.63, 3.8) is 0 Å². The highest BCUT2D eigenvalue weighted by Gasteiger charge is 2.19. The minimum atomic E-state index is -0.0835. The molecule has 2 aromatic rings. The van der Waals surface area contributed by atoms with Crippen LogP contribution in [-0.2, 0) is 12.5 Å². The van der Waals surface area contributed by atoms with Crippen molar-refractivity contribution in [3.05, 3.63) is 45.7 Å². The zero-order valence-corrected chi connectivity index (χ0v) is 13.0.